The molecule has 0 amide bonds. The van der Waals surface area contributed by atoms with Gasteiger partial charge in [0.15, 0.2) is 0 Å². The summed E-state index contributed by atoms with van der Waals surface area (Å²) in [5.74, 6) is -0.899. The zero-order valence-electron chi connectivity index (χ0n) is 8.74. The van der Waals surface area contributed by atoms with Gasteiger partial charge in [-0.15, -0.1) is 0 Å². The van der Waals surface area contributed by atoms with Crippen molar-refractivity contribution in [1.29, 1.82) is 0 Å². The molecule has 1 rings (SSSR count). The van der Waals surface area contributed by atoms with Gasteiger partial charge in [0, 0.05) is 0 Å². The second-order valence-electron chi connectivity index (χ2n) is 3.84. The molecule has 0 unspecified atom stereocenters. The van der Waals surface area contributed by atoms with Crippen LogP contribution in [0.4, 0.5) is 17.6 Å². The standard InChI is InChI=1S/C11H12F4/c1-6(2)10-7(3)4-8(5-9(10)12)11(13,14)15/h4-6H,1-3H3. The number of rotatable bonds is 1. The largest absolute Gasteiger partial charge is 0.416 e. The minimum Gasteiger partial charge on any atom is -0.207 e. The minimum atomic E-state index is -4.49. The highest BCUT2D eigenvalue weighted by Crippen LogP contribution is 2.33. The first-order valence-electron chi connectivity index (χ1n) is 4.60. The molecule has 0 saturated heterocycles. The van der Waals surface area contributed by atoms with Gasteiger partial charge in [-0.2, -0.15) is 13.2 Å². The van der Waals surface area contributed by atoms with Gasteiger partial charge < -0.3 is 0 Å². The molecule has 0 nitrogen and oxygen atoms in total. The molecule has 0 fully saturated rings. The number of hydrogen-bond donors (Lipinski definition) is 0. The Hall–Kier alpha value is -1.06. The maximum Gasteiger partial charge on any atom is 0.416 e. The van der Waals surface area contributed by atoms with E-state index < -0.39 is 17.6 Å². The fraction of sp³-hybridized carbons (Fsp3) is 0.455. The molecular formula is C11H12F4. The highest BCUT2D eigenvalue weighted by atomic mass is 19.4. The quantitative estimate of drug-likeness (QED) is 0.620. The molecule has 0 bridgehead atoms. The molecule has 0 heterocycles. The highest BCUT2D eigenvalue weighted by molar-refractivity contribution is 5.35. The highest BCUT2D eigenvalue weighted by Gasteiger charge is 2.32. The maximum absolute atomic E-state index is 13.4. The van der Waals surface area contributed by atoms with E-state index in [2.05, 4.69) is 0 Å². The summed E-state index contributed by atoms with van der Waals surface area (Å²) in [5.41, 5.74) is -0.234. The summed E-state index contributed by atoms with van der Waals surface area (Å²) in [5, 5.41) is 0. The van der Waals surface area contributed by atoms with Gasteiger partial charge in [0.1, 0.15) is 5.82 Å². The van der Waals surface area contributed by atoms with E-state index in [-0.39, 0.29) is 5.92 Å². The van der Waals surface area contributed by atoms with Crippen LogP contribution in [-0.2, 0) is 6.18 Å². The number of alkyl halides is 3. The van der Waals surface area contributed by atoms with Crippen molar-refractivity contribution in [1.82, 2.24) is 0 Å². The van der Waals surface area contributed by atoms with Gasteiger partial charge in [0.25, 0.3) is 0 Å². The molecule has 0 radical (unpaired) electrons. The molecular weight excluding hydrogens is 208 g/mol. The van der Waals surface area contributed by atoms with E-state index in [0.29, 0.717) is 17.2 Å². The summed E-state index contributed by atoms with van der Waals surface area (Å²) in [7, 11) is 0. The first-order valence-corrected chi connectivity index (χ1v) is 4.60. The van der Waals surface area contributed by atoms with Crippen molar-refractivity contribution < 1.29 is 17.6 Å². The second-order valence-corrected chi connectivity index (χ2v) is 3.84. The smallest absolute Gasteiger partial charge is 0.207 e. The number of hydrogen-bond acceptors (Lipinski definition) is 0. The molecule has 1 aromatic rings. The van der Waals surface area contributed by atoms with Gasteiger partial charge in [0.05, 0.1) is 5.56 Å². The van der Waals surface area contributed by atoms with Gasteiger partial charge in [-0.3, -0.25) is 0 Å². The number of halogens is 4. The van der Waals surface area contributed by atoms with Crippen molar-refractivity contribution in [2.24, 2.45) is 0 Å². The Labute approximate surface area is 85.9 Å². The molecule has 84 valence electrons. The average molecular weight is 220 g/mol. The summed E-state index contributed by atoms with van der Waals surface area (Å²) >= 11 is 0. The fourth-order valence-electron chi connectivity index (χ4n) is 1.65. The van der Waals surface area contributed by atoms with Crippen LogP contribution in [0.5, 0.6) is 0 Å². The third-order valence-electron chi connectivity index (χ3n) is 2.24. The van der Waals surface area contributed by atoms with Gasteiger partial charge in [-0.25, -0.2) is 4.39 Å². The summed E-state index contributed by atoms with van der Waals surface area (Å²) < 4.78 is 50.3. The molecule has 0 aromatic heterocycles. The van der Waals surface area contributed by atoms with E-state index in [1.54, 1.807) is 13.8 Å². The zero-order chi connectivity index (χ0) is 11.8. The topological polar surface area (TPSA) is 0 Å². The van der Waals surface area contributed by atoms with Gasteiger partial charge in [-0.05, 0) is 36.1 Å². The molecule has 0 aliphatic carbocycles. The van der Waals surface area contributed by atoms with E-state index in [9.17, 15) is 17.6 Å². The van der Waals surface area contributed by atoms with Gasteiger partial charge >= 0.3 is 6.18 Å². The van der Waals surface area contributed by atoms with Crippen molar-refractivity contribution >= 4 is 0 Å². The number of benzene rings is 1. The molecule has 0 atom stereocenters. The molecule has 1 aromatic carbocycles. The summed E-state index contributed by atoms with van der Waals surface area (Å²) in [4.78, 5) is 0. The van der Waals surface area contributed by atoms with Crippen LogP contribution in [0, 0.1) is 12.7 Å². The SMILES string of the molecule is Cc1cc(C(F)(F)F)cc(F)c1C(C)C. The third-order valence-corrected chi connectivity index (χ3v) is 2.24. The Morgan fingerprint density at radius 2 is 1.67 bits per heavy atom. The summed E-state index contributed by atoms with van der Waals surface area (Å²) in [6.07, 6.45) is -4.49. The van der Waals surface area contributed by atoms with Crippen LogP contribution in [0.15, 0.2) is 12.1 Å². The lowest BCUT2D eigenvalue weighted by Crippen LogP contribution is -2.08. The first kappa shape index (κ1) is 12.0. The van der Waals surface area contributed by atoms with E-state index >= 15 is 0 Å². The van der Waals surface area contributed by atoms with Gasteiger partial charge in [0.2, 0.25) is 0 Å². The number of aryl methyl sites for hydroxylation is 1. The van der Waals surface area contributed by atoms with Crippen molar-refractivity contribution in [2.75, 3.05) is 0 Å². The van der Waals surface area contributed by atoms with Crippen LogP contribution in [-0.4, -0.2) is 0 Å². The Kier molecular flexibility index (Phi) is 3.07. The van der Waals surface area contributed by atoms with Crippen molar-refractivity contribution in [3.63, 3.8) is 0 Å². The summed E-state index contributed by atoms with van der Waals surface area (Å²) in [6.45, 7) is 4.99. The Morgan fingerprint density at radius 1 is 1.13 bits per heavy atom. The molecule has 0 N–H and O–H groups in total. The van der Waals surface area contributed by atoms with Crippen LogP contribution < -0.4 is 0 Å². The Balaban J connectivity index is 3.32. The van der Waals surface area contributed by atoms with E-state index in [4.69, 9.17) is 0 Å². The molecule has 0 spiro atoms. The Morgan fingerprint density at radius 3 is 2.00 bits per heavy atom. The lowest BCUT2D eigenvalue weighted by molar-refractivity contribution is -0.137. The van der Waals surface area contributed by atoms with Crippen molar-refractivity contribution in [3.8, 4) is 0 Å². The molecule has 0 aliphatic heterocycles. The maximum atomic E-state index is 13.4. The van der Waals surface area contributed by atoms with E-state index in [1.807, 2.05) is 0 Å². The molecule has 0 aliphatic rings. The third kappa shape index (κ3) is 2.49. The summed E-state index contributed by atoms with van der Waals surface area (Å²) in [6, 6.07) is 1.54. The molecule has 0 saturated carbocycles. The van der Waals surface area contributed by atoms with Crippen LogP contribution in [0.2, 0.25) is 0 Å². The van der Waals surface area contributed by atoms with Crippen molar-refractivity contribution in [3.05, 3.63) is 34.6 Å². The van der Waals surface area contributed by atoms with Gasteiger partial charge in [-0.1, -0.05) is 13.8 Å². The normalized spacial score (nSPS) is 12.3. The van der Waals surface area contributed by atoms with Crippen LogP contribution in [0.3, 0.4) is 0 Å². The predicted molar refractivity (Wildman–Crippen MR) is 50.2 cm³/mol. The second kappa shape index (κ2) is 3.83. The molecule has 4 heteroatoms. The minimum absolute atomic E-state index is 0.118. The van der Waals surface area contributed by atoms with Crippen LogP contribution >= 0.6 is 0 Å². The Bertz CT molecular complexity index is 340. The monoisotopic (exact) mass is 220 g/mol. The zero-order valence-corrected chi connectivity index (χ0v) is 8.74. The predicted octanol–water partition coefficient (Wildman–Crippen LogP) is 4.28. The molecule has 15 heavy (non-hydrogen) atoms. The van der Waals surface area contributed by atoms with Crippen LogP contribution in [0.25, 0.3) is 0 Å². The average Bonchev–Trinajstić information content (AvgIpc) is 1.99. The van der Waals surface area contributed by atoms with E-state index in [1.165, 1.54) is 6.92 Å². The van der Waals surface area contributed by atoms with Crippen LogP contribution in [0.1, 0.15) is 36.5 Å². The van der Waals surface area contributed by atoms with E-state index in [0.717, 1.165) is 6.07 Å². The fourth-order valence-corrected chi connectivity index (χ4v) is 1.65. The lowest BCUT2D eigenvalue weighted by atomic mass is 9.95. The lowest BCUT2D eigenvalue weighted by Gasteiger charge is -2.14. The first-order chi connectivity index (χ1) is 6.73. The van der Waals surface area contributed by atoms with Crippen molar-refractivity contribution in [2.45, 2.75) is 32.9 Å².